The van der Waals surface area contributed by atoms with Gasteiger partial charge in [-0.2, -0.15) is 11.8 Å². The third-order valence-corrected chi connectivity index (χ3v) is 5.17. The van der Waals surface area contributed by atoms with E-state index in [9.17, 15) is 4.79 Å². The number of thioether (sulfide) groups is 1. The highest BCUT2D eigenvalue weighted by atomic mass is 32.2. The summed E-state index contributed by atoms with van der Waals surface area (Å²) < 4.78 is 0. The minimum atomic E-state index is -0.416. The largest absolute Gasteiger partial charge is 0.354 e. The molecule has 23 heavy (non-hydrogen) atoms. The second-order valence-electron chi connectivity index (χ2n) is 5.31. The van der Waals surface area contributed by atoms with Gasteiger partial charge in [0.25, 0.3) is 0 Å². The quantitative estimate of drug-likeness (QED) is 0.769. The Morgan fingerprint density at radius 1 is 1.39 bits per heavy atom. The summed E-state index contributed by atoms with van der Waals surface area (Å²) in [5.74, 6) is 0.830. The van der Waals surface area contributed by atoms with Crippen LogP contribution in [0.25, 0.3) is 11.3 Å². The second-order valence-corrected chi connectivity index (χ2v) is 7.58. The molecule has 0 radical (unpaired) electrons. The molecule has 1 heterocycles. The highest BCUT2D eigenvalue weighted by molar-refractivity contribution is 7.98. The minimum absolute atomic E-state index is 0.0735. The fraction of sp³-hybridized carbons (Fsp3) is 0.412. The molecule has 0 aliphatic carbocycles. The number of nitrogens with zero attached hydrogens (tertiary/aromatic N) is 1. The molecule has 1 atom stereocenters. The SMILES string of the molecule is CSCC[C@H](N)C(=O)NCCc1nc(-c2ccccc2)c(C)s1. The van der Waals surface area contributed by atoms with Gasteiger partial charge < -0.3 is 11.1 Å². The lowest BCUT2D eigenvalue weighted by Gasteiger charge is -2.10. The number of thiazole rings is 1. The second kappa shape index (κ2) is 9.05. The molecular weight excluding hydrogens is 326 g/mol. The Hall–Kier alpha value is -1.37. The van der Waals surface area contributed by atoms with E-state index >= 15 is 0 Å². The fourth-order valence-electron chi connectivity index (χ4n) is 2.22. The van der Waals surface area contributed by atoms with E-state index < -0.39 is 6.04 Å². The number of carbonyl (C=O) groups is 1. The number of amides is 1. The van der Waals surface area contributed by atoms with E-state index in [0.29, 0.717) is 13.0 Å². The number of hydrogen-bond donors (Lipinski definition) is 2. The lowest BCUT2D eigenvalue weighted by molar-refractivity contribution is -0.122. The molecule has 0 saturated heterocycles. The molecule has 0 spiro atoms. The molecule has 0 aliphatic heterocycles. The average molecular weight is 350 g/mol. The molecule has 0 unspecified atom stereocenters. The van der Waals surface area contributed by atoms with Gasteiger partial charge in [0.2, 0.25) is 5.91 Å². The third kappa shape index (κ3) is 5.34. The monoisotopic (exact) mass is 349 g/mol. The van der Waals surface area contributed by atoms with Gasteiger partial charge in [-0.05, 0) is 25.4 Å². The molecule has 2 rings (SSSR count). The first-order valence-corrected chi connectivity index (χ1v) is 9.86. The van der Waals surface area contributed by atoms with Crippen LogP contribution in [-0.4, -0.2) is 35.5 Å². The first-order chi connectivity index (χ1) is 11.1. The molecule has 0 aliphatic rings. The van der Waals surface area contributed by atoms with Gasteiger partial charge in [-0.25, -0.2) is 4.98 Å². The first-order valence-electron chi connectivity index (χ1n) is 7.65. The lowest BCUT2D eigenvalue weighted by Crippen LogP contribution is -2.41. The van der Waals surface area contributed by atoms with Gasteiger partial charge in [0.15, 0.2) is 0 Å². The van der Waals surface area contributed by atoms with Crippen LogP contribution in [0.4, 0.5) is 0 Å². The topological polar surface area (TPSA) is 68.0 Å². The first kappa shape index (κ1) is 18.0. The molecule has 2 aromatic rings. The van der Waals surface area contributed by atoms with Gasteiger partial charge in [-0.1, -0.05) is 30.3 Å². The summed E-state index contributed by atoms with van der Waals surface area (Å²) in [6, 6.07) is 9.76. The molecule has 1 aromatic carbocycles. The predicted molar refractivity (Wildman–Crippen MR) is 100.0 cm³/mol. The molecule has 124 valence electrons. The van der Waals surface area contributed by atoms with Crippen LogP contribution in [-0.2, 0) is 11.2 Å². The summed E-state index contributed by atoms with van der Waals surface area (Å²) in [7, 11) is 0. The van der Waals surface area contributed by atoms with Gasteiger partial charge in [-0.3, -0.25) is 4.79 Å². The zero-order chi connectivity index (χ0) is 16.7. The Morgan fingerprint density at radius 3 is 2.83 bits per heavy atom. The molecule has 0 saturated carbocycles. The smallest absolute Gasteiger partial charge is 0.236 e. The molecule has 6 heteroatoms. The third-order valence-electron chi connectivity index (χ3n) is 3.50. The van der Waals surface area contributed by atoms with Crippen LogP contribution in [0.2, 0.25) is 0 Å². The van der Waals surface area contributed by atoms with Crippen molar-refractivity contribution in [3.63, 3.8) is 0 Å². The molecular formula is C17H23N3OS2. The molecule has 0 bridgehead atoms. The Morgan fingerprint density at radius 2 is 2.13 bits per heavy atom. The van der Waals surface area contributed by atoms with Crippen molar-refractivity contribution in [3.8, 4) is 11.3 Å². The van der Waals surface area contributed by atoms with Gasteiger partial charge in [0.05, 0.1) is 16.7 Å². The Kier molecular flexibility index (Phi) is 7.08. The van der Waals surface area contributed by atoms with Crippen LogP contribution in [0.1, 0.15) is 16.3 Å². The van der Waals surface area contributed by atoms with E-state index in [1.807, 2.05) is 24.5 Å². The van der Waals surface area contributed by atoms with Gasteiger partial charge in [0, 0.05) is 23.4 Å². The number of aryl methyl sites for hydroxylation is 1. The van der Waals surface area contributed by atoms with E-state index in [-0.39, 0.29) is 5.91 Å². The summed E-state index contributed by atoms with van der Waals surface area (Å²) in [5, 5.41) is 3.94. The molecule has 1 aromatic heterocycles. The maximum Gasteiger partial charge on any atom is 0.236 e. The van der Waals surface area contributed by atoms with Crippen molar-refractivity contribution in [3.05, 3.63) is 40.2 Å². The maximum atomic E-state index is 11.9. The minimum Gasteiger partial charge on any atom is -0.354 e. The van der Waals surface area contributed by atoms with Crippen molar-refractivity contribution in [1.82, 2.24) is 10.3 Å². The van der Waals surface area contributed by atoms with Crippen LogP contribution in [0.15, 0.2) is 30.3 Å². The molecule has 1 amide bonds. The number of hydrogen-bond acceptors (Lipinski definition) is 5. The average Bonchev–Trinajstić information content (AvgIpc) is 2.94. The van der Waals surface area contributed by atoms with Gasteiger partial charge in [-0.15, -0.1) is 11.3 Å². The van der Waals surface area contributed by atoms with Crippen LogP contribution in [0.5, 0.6) is 0 Å². The van der Waals surface area contributed by atoms with Crippen molar-refractivity contribution in [2.45, 2.75) is 25.8 Å². The maximum absolute atomic E-state index is 11.9. The summed E-state index contributed by atoms with van der Waals surface area (Å²) in [4.78, 5) is 17.8. The Labute approximate surface area is 145 Å². The normalized spacial score (nSPS) is 12.1. The highest BCUT2D eigenvalue weighted by Gasteiger charge is 2.13. The number of carbonyl (C=O) groups excluding carboxylic acids is 1. The van der Waals surface area contributed by atoms with Crippen molar-refractivity contribution >= 4 is 29.0 Å². The van der Waals surface area contributed by atoms with Crippen LogP contribution < -0.4 is 11.1 Å². The van der Waals surface area contributed by atoms with E-state index in [1.165, 1.54) is 4.88 Å². The van der Waals surface area contributed by atoms with Crippen molar-refractivity contribution in [2.75, 3.05) is 18.6 Å². The van der Waals surface area contributed by atoms with E-state index in [4.69, 9.17) is 10.7 Å². The van der Waals surface area contributed by atoms with E-state index in [0.717, 1.165) is 28.4 Å². The number of nitrogens with two attached hydrogens (primary N) is 1. The zero-order valence-electron chi connectivity index (χ0n) is 13.5. The zero-order valence-corrected chi connectivity index (χ0v) is 15.2. The standard InChI is InChI=1S/C17H23N3OS2/c1-12-16(13-6-4-3-5-7-13)20-15(23-12)8-10-19-17(21)14(18)9-11-22-2/h3-7,14H,8-11,18H2,1-2H3,(H,19,21)/t14-/m0/s1. The summed E-state index contributed by atoms with van der Waals surface area (Å²) in [6.07, 6.45) is 3.46. The summed E-state index contributed by atoms with van der Waals surface area (Å²) in [5.41, 5.74) is 8.02. The van der Waals surface area contributed by atoms with Gasteiger partial charge >= 0.3 is 0 Å². The van der Waals surface area contributed by atoms with Crippen molar-refractivity contribution in [2.24, 2.45) is 5.73 Å². The number of nitrogens with one attached hydrogen (secondary N) is 1. The van der Waals surface area contributed by atoms with Crippen LogP contribution in [0.3, 0.4) is 0 Å². The Bertz CT molecular complexity index is 628. The molecule has 3 N–H and O–H groups in total. The lowest BCUT2D eigenvalue weighted by atomic mass is 10.1. The van der Waals surface area contributed by atoms with Crippen LogP contribution >= 0.6 is 23.1 Å². The van der Waals surface area contributed by atoms with Gasteiger partial charge in [0.1, 0.15) is 0 Å². The molecule has 4 nitrogen and oxygen atoms in total. The Balaban J connectivity index is 1.86. The summed E-state index contributed by atoms with van der Waals surface area (Å²) >= 11 is 3.39. The summed E-state index contributed by atoms with van der Waals surface area (Å²) in [6.45, 7) is 2.66. The molecule has 0 fully saturated rings. The van der Waals surface area contributed by atoms with Crippen molar-refractivity contribution in [1.29, 1.82) is 0 Å². The van der Waals surface area contributed by atoms with Crippen molar-refractivity contribution < 1.29 is 4.79 Å². The highest BCUT2D eigenvalue weighted by Crippen LogP contribution is 2.27. The fourth-order valence-corrected chi connectivity index (χ4v) is 3.67. The number of rotatable bonds is 8. The van der Waals surface area contributed by atoms with E-state index in [1.54, 1.807) is 23.1 Å². The number of benzene rings is 1. The van der Waals surface area contributed by atoms with Crippen LogP contribution in [0, 0.1) is 6.92 Å². The van der Waals surface area contributed by atoms with E-state index in [2.05, 4.69) is 24.4 Å². The number of aromatic nitrogens is 1. The predicted octanol–water partition coefficient (Wildman–Crippen LogP) is 2.86.